The minimum absolute atomic E-state index is 0.110. The van der Waals surface area contributed by atoms with Gasteiger partial charge in [0.15, 0.2) is 11.6 Å². The van der Waals surface area contributed by atoms with Gasteiger partial charge in [-0.3, -0.25) is 10.2 Å². The highest BCUT2D eigenvalue weighted by Crippen LogP contribution is 2.17. The Kier molecular flexibility index (Phi) is 5.42. The lowest BCUT2D eigenvalue weighted by atomic mass is 10.2. The summed E-state index contributed by atoms with van der Waals surface area (Å²) in [5.74, 6) is -1.45. The largest absolute Gasteiger partial charge is 0.505 e. The number of thiazole rings is 1. The number of nitrogens with zero attached hydrogens (tertiary/aromatic N) is 2. The van der Waals surface area contributed by atoms with Crippen molar-refractivity contribution in [2.75, 3.05) is 12.0 Å². The molecule has 0 atom stereocenters. The molecule has 0 amide bonds. The maximum Gasteiger partial charge on any atom is 0.311 e. The van der Waals surface area contributed by atoms with Gasteiger partial charge in [-0.25, -0.2) is 9.37 Å². The molecule has 1 heterocycles. The van der Waals surface area contributed by atoms with Crippen molar-refractivity contribution in [3.8, 4) is 5.75 Å². The third-order valence-electron chi connectivity index (χ3n) is 2.53. The van der Waals surface area contributed by atoms with Crippen LogP contribution in [-0.4, -0.2) is 28.9 Å². The van der Waals surface area contributed by atoms with Gasteiger partial charge in [0.05, 0.1) is 24.9 Å². The van der Waals surface area contributed by atoms with Crippen LogP contribution in [0.4, 0.5) is 9.52 Å². The number of hydrogen-bond donors (Lipinski definition) is 2. The molecule has 116 valence electrons. The van der Waals surface area contributed by atoms with Crippen molar-refractivity contribution < 1.29 is 19.0 Å². The van der Waals surface area contributed by atoms with Crippen LogP contribution in [-0.2, 0) is 16.0 Å². The monoisotopic (exact) mass is 323 g/mol. The van der Waals surface area contributed by atoms with Crippen molar-refractivity contribution in [3.63, 3.8) is 0 Å². The van der Waals surface area contributed by atoms with Crippen LogP contribution in [0.1, 0.15) is 18.2 Å². The van der Waals surface area contributed by atoms with Gasteiger partial charge >= 0.3 is 5.97 Å². The predicted octanol–water partition coefficient (Wildman–Crippen LogP) is 2.54. The van der Waals surface area contributed by atoms with E-state index in [-0.39, 0.29) is 12.4 Å². The van der Waals surface area contributed by atoms with Crippen LogP contribution in [0.2, 0.25) is 0 Å². The van der Waals surface area contributed by atoms with Crippen molar-refractivity contribution >= 4 is 28.7 Å². The first-order chi connectivity index (χ1) is 10.6. The van der Waals surface area contributed by atoms with Crippen LogP contribution < -0.4 is 5.43 Å². The van der Waals surface area contributed by atoms with E-state index in [0.717, 1.165) is 6.07 Å². The number of phenolic OH excluding ortho intramolecular Hbond substituents is 1. The molecule has 0 unspecified atom stereocenters. The van der Waals surface area contributed by atoms with E-state index in [9.17, 15) is 9.18 Å². The number of nitrogens with one attached hydrogen (secondary N) is 1. The normalized spacial score (nSPS) is 10.8. The van der Waals surface area contributed by atoms with Gasteiger partial charge in [0, 0.05) is 5.38 Å². The van der Waals surface area contributed by atoms with Crippen LogP contribution in [0.15, 0.2) is 28.7 Å². The van der Waals surface area contributed by atoms with Crippen LogP contribution in [0.5, 0.6) is 5.75 Å². The SMILES string of the molecule is CCOC(=O)Cc1csc(NN=Cc2ccc(O)c(F)c2)n1. The number of phenols is 1. The molecule has 0 saturated heterocycles. The molecular weight excluding hydrogens is 309 g/mol. The Bertz CT molecular complexity index is 688. The van der Waals surface area contributed by atoms with Gasteiger partial charge in [-0.1, -0.05) is 0 Å². The zero-order valence-corrected chi connectivity index (χ0v) is 12.6. The molecule has 0 fully saturated rings. The molecule has 0 radical (unpaired) electrons. The molecule has 6 nitrogen and oxygen atoms in total. The number of aromatic nitrogens is 1. The third-order valence-corrected chi connectivity index (χ3v) is 3.32. The lowest BCUT2D eigenvalue weighted by Crippen LogP contribution is -2.07. The van der Waals surface area contributed by atoms with Crippen molar-refractivity contribution in [1.29, 1.82) is 0 Å². The summed E-state index contributed by atoms with van der Waals surface area (Å²) in [5.41, 5.74) is 3.78. The van der Waals surface area contributed by atoms with Gasteiger partial charge in [-0.05, 0) is 30.7 Å². The predicted molar refractivity (Wildman–Crippen MR) is 81.7 cm³/mol. The molecule has 1 aromatic carbocycles. The highest BCUT2D eigenvalue weighted by atomic mass is 32.1. The maximum atomic E-state index is 13.1. The maximum absolute atomic E-state index is 13.1. The molecule has 1 aromatic heterocycles. The molecule has 0 aliphatic carbocycles. The fraction of sp³-hybridized carbons (Fsp3) is 0.214. The number of esters is 1. The van der Waals surface area contributed by atoms with Gasteiger partial charge in [-0.2, -0.15) is 5.10 Å². The fourth-order valence-corrected chi connectivity index (χ4v) is 2.22. The summed E-state index contributed by atoms with van der Waals surface area (Å²) in [6.45, 7) is 2.08. The zero-order valence-electron chi connectivity index (χ0n) is 11.7. The van der Waals surface area contributed by atoms with E-state index in [1.165, 1.54) is 29.7 Å². The number of anilines is 1. The Balaban J connectivity index is 1.91. The number of hydrogen-bond acceptors (Lipinski definition) is 7. The minimum atomic E-state index is -0.713. The Morgan fingerprint density at radius 2 is 2.41 bits per heavy atom. The summed E-state index contributed by atoms with van der Waals surface area (Å²) in [5, 5.41) is 15.2. The highest BCUT2D eigenvalue weighted by Gasteiger charge is 2.07. The quantitative estimate of drug-likeness (QED) is 0.485. The highest BCUT2D eigenvalue weighted by molar-refractivity contribution is 7.13. The van der Waals surface area contributed by atoms with Crippen molar-refractivity contribution in [2.45, 2.75) is 13.3 Å². The van der Waals surface area contributed by atoms with Crippen molar-refractivity contribution in [3.05, 3.63) is 40.7 Å². The molecule has 0 aliphatic heterocycles. The molecule has 22 heavy (non-hydrogen) atoms. The van der Waals surface area contributed by atoms with E-state index in [1.807, 2.05) is 0 Å². The summed E-state index contributed by atoms with van der Waals surface area (Å²) in [7, 11) is 0. The second-order valence-electron chi connectivity index (χ2n) is 4.21. The van der Waals surface area contributed by atoms with Crippen LogP contribution in [0.3, 0.4) is 0 Å². The Morgan fingerprint density at radius 3 is 3.14 bits per heavy atom. The average Bonchev–Trinajstić information content (AvgIpc) is 2.90. The molecule has 0 spiro atoms. The topological polar surface area (TPSA) is 83.8 Å². The van der Waals surface area contributed by atoms with Gasteiger partial charge in [-0.15, -0.1) is 11.3 Å². The van der Waals surface area contributed by atoms with Gasteiger partial charge in [0.2, 0.25) is 5.13 Å². The van der Waals surface area contributed by atoms with Crippen LogP contribution in [0.25, 0.3) is 0 Å². The van der Waals surface area contributed by atoms with Gasteiger partial charge in [0.25, 0.3) is 0 Å². The standard InChI is InChI=1S/C14H14FN3O3S/c1-2-21-13(20)6-10-8-22-14(17-10)18-16-7-9-3-4-12(19)11(15)5-9/h3-5,7-8,19H,2,6H2,1H3,(H,17,18). The zero-order chi connectivity index (χ0) is 15.9. The Morgan fingerprint density at radius 1 is 1.59 bits per heavy atom. The first-order valence-corrected chi connectivity index (χ1v) is 7.34. The number of rotatable bonds is 6. The average molecular weight is 323 g/mol. The summed E-state index contributed by atoms with van der Waals surface area (Å²) >= 11 is 1.29. The summed E-state index contributed by atoms with van der Waals surface area (Å²) < 4.78 is 18.0. The fourth-order valence-electron chi connectivity index (χ4n) is 1.56. The first kappa shape index (κ1) is 15.9. The van der Waals surface area contributed by atoms with E-state index < -0.39 is 11.6 Å². The lowest BCUT2D eigenvalue weighted by Gasteiger charge is -1.98. The van der Waals surface area contributed by atoms with E-state index in [1.54, 1.807) is 12.3 Å². The lowest BCUT2D eigenvalue weighted by molar-refractivity contribution is -0.142. The molecule has 8 heteroatoms. The Hall–Kier alpha value is -2.48. The van der Waals surface area contributed by atoms with E-state index in [2.05, 4.69) is 15.5 Å². The van der Waals surface area contributed by atoms with Crippen molar-refractivity contribution in [1.82, 2.24) is 4.98 Å². The minimum Gasteiger partial charge on any atom is -0.505 e. The number of carbonyl (C=O) groups is 1. The van der Waals surface area contributed by atoms with E-state index in [4.69, 9.17) is 9.84 Å². The van der Waals surface area contributed by atoms with Gasteiger partial charge < -0.3 is 9.84 Å². The first-order valence-electron chi connectivity index (χ1n) is 6.46. The molecule has 2 rings (SSSR count). The number of benzene rings is 1. The van der Waals surface area contributed by atoms with Crippen LogP contribution >= 0.6 is 11.3 Å². The summed E-state index contributed by atoms with van der Waals surface area (Å²) in [6.07, 6.45) is 1.51. The number of aromatic hydroxyl groups is 1. The number of carbonyl (C=O) groups excluding carboxylic acids is 1. The molecule has 0 aliphatic rings. The molecular formula is C14H14FN3O3S. The Labute approximate surface area is 130 Å². The van der Waals surface area contributed by atoms with Gasteiger partial charge in [0.1, 0.15) is 0 Å². The molecule has 2 aromatic rings. The number of hydrazone groups is 1. The smallest absolute Gasteiger partial charge is 0.311 e. The number of ether oxygens (including phenoxy) is 1. The summed E-state index contributed by atoms with van der Waals surface area (Å²) in [6, 6.07) is 3.93. The van der Waals surface area contributed by atoms with E-state index in [0.29, 0.717) is 23.0 Å². The molecule has 2 N–H and O–H groups in total. The van der Waals surface area contributed by atoms with Crippen molar-refractivity contribution in [2.24, 2.45) is 5.10 Å². The van der Waals surface area contributed by atoms with E-state index >= 15 is 0 Å². The second-order valence-corrected chi connectivity index (χ2v) is 5.06. The molecule has 0 saturated carbocycles. The number of halogens is 1. The third kappa shape index (κ3) is 4.52. The second kappa shape index (κ2) is 7.51. The van der Waals surface area contributed by atoms with Crippen LogP contribution in [0, 0.1) is 5.82 Å². The molecule has 0 bridgehead atoms. The summed E-state index contributed by atoms with van der Waals surface area (Å²) in [4.78, 5) is 15.5.